The van der Waals surface area contributed by atoms with Crippen molar-refractivity contribution in [3.8, 4) is 11.5 Å². The van der Waals surface area contributed by atoms with Crippen LogP contribution < -0.4 is 10.1 Å². The van der Waals surface area contributed by atoms with E-state index in [2.05, 4.69) is 10.4 Å². The second kappa shape index (κ2) is 4.34. The summed E-state index contributed by atoms with van der Waals surface area (Å²) in [6, 6.07) is 7.37. The average Bonchev–Trinajstić information content (AvgIpc) is 2.92. The Labute approximate surface area is 105 Å². The Morgan fingerprint density at radius 1 is 1.50 bits per heavy atom. The molecule has 0 saturated heterocycles. The molecule has 0 bridgehead atoms. The van der Waals surface area contributed by atoms with Crippen LogP contribution in [-0.2, 0) is 13.6 Å². The van der Waals surface area contributed by atoms with Gasteiger partial charge in [-0.2, -0.15) is 5.10 Å². The standard InChI is InChI=1S/C13H15N3O2/c1-16-5-4-9(15-16)7-14-12-8-18-13-6-10(17)2-3-11(12)13/h2-6,12,14,17H,7-8H2,1H3. The fourth-order valence-corrected chi connectivity index (χ4v) is 2.15. The zero-order valence-corrected chi connectivity index (χ0v) is 10.1. The van der Waals surface area contributed by atoms with Crippen LogP contribution in [0.4, 0.5) is 0 Å². The van der Waals surface area contributed by atoms with Gasteiger partial charge in [0.05, 0.1) is 11.7 Å². The lowest BCUT2D eigenvalue weighted by atomic mass is 10.1. The number of aromatic nitrogens is 2. The molecule has 1 aliphatic rings. The minimum atomic E-state index is 0.155. The van der Waals surface area contributed by atoms with Crippen LogP contribution in [0.15, 0.2) is 30.5 Å². The third-order valence-corrected chi connectivity index (χ3v) is 3.08. The number of aromatic hydroxyl groups is 1. The van der Waals surface area contributed by atoms with Gasteiger partial charge in [0.15, 0.2) is 0 Å². The van der Waals surface area contributed by atoms with E-state index in [-0.39, 0.29) is 11.8 Å². The molecule has 2 aromatic rings. The summed E-state index contributed by atoms with van der Waals surface area (Å²) in [6.07, 6.45) is 1.92. The van der Waals surface area contributed by atoms with Gasteiger partial charge >= 0.3 is 0 Å². The van der Waals surface area contributed by atoms with Gasteiger partial charge in [0, 0.05) is 31.4 Å². The van der Waals surface area contributed by atoms with Crippen molar-refractivity contribution in [1.82, 2.24) is 15.1 Å². The molecule has 2 N–H and O–H groups in total. The molecule has 0 aliphatic carbocycles. The molecule has 5 heteroatoms. The summed E-state index contributed by atoms with van der Waals surface area (Å²) in [5.41, 5.74) is 2.09. The van der Waals surface area contributed by atoms with E-state index in [0.29, 0.717) is 13.2 Å². The summed E-state index contributed by atoms with van der Waals surface area (Å²) in [4.78, 5) is 0. The van der Waals surface area contributed by atoms with E-state index in [1.54, 1.807) is 16.8 Å². The van der Waals surface area contributed by atoms with Crippen molar-refractivity contribution in [2.75, 3.05) is 6.61 Å². The Kier molecular flexibility index (Phi) is 2.68. The summed E-state index contributed by atoms with van der Waals surface area (Å²) < 4.78 is 7.32. The normalized spacial score (nSPS) is 17.5. The lowest BCUT2D eigenvalue weighted by Gasteiger charge is -2.10. The Balaban J connectivity index is 1.69. The highest BCUT2D eigenvalue weighted by Gasteiger charge is 2.23. The predicted molar refractivity (Wildman–Crippen MR) is 66.4 cm³/mol. The van der Waals surface area contributed by atoms with Crippen LogP contribution in [0.25, 0.3) is 0 Å². The van der Waals surface area contributed by atoms with Crippen molar-refractivity contribution in [3.63, 3.8) is 0 Å². The molecule has 3 rings (SSSR count). The van der Waals surface area contributed by atoms with E-state index in [0.717, 1.165) is 17.0 Å². The number of nitrogens with one attached hydrogen (secondary N) is 1. The number of phenolic OH excluding ortho intramolecular Hbond substituents is 1. The van der Waals surface area contributed by atoms with Crippen molar-refractivity contribution in [2.45, 2.75) is 12.6 Å². The molecule has 1 unspecified atom stereocenters. The monoisotopic (exact) mass is 245 g/mol. The molecule has 2 heterocycles. The van der Waals surface area contributed by atoms with E-state index in [1.165, 1.54) is 0 Å². The first-order valence-electron chi connectivity index (χ1n) is 5.90. The number of hydrogen-bond acceptors (Lipinski definition) is 4. The van der Waals surface area contributed by atoms with Crippen molar-refractivity contribution >= 4 is 0 Å². The minimum absolute atomic E-state index is 0.155. The lowest BCUT2D eigenvalue weighted by molar-refractivity contribution is 0.309. The van der Waals surface area contributed by atoms with E-state index < -0.39 is 0 Å². The van der Waals surface area contributed by atoms with Gasteiger partial charge in [-0.1, -0.05) is 0 Å². The first-order valence-corrected chi connectivity index (χ1v) is 5.90. The summed E-state index contributed by atoms with van der Waals surface area (Å²) in [6.45, 7) is 1.29. The van der Waals surface area contributed by atoms with Gasteiger partial charge in [-0.25, -0.2) is 0 Å². The second-order valence-corrected chi connectivity index (χ2v) is 4.45. The van der Waals surface area contributed by atoms with Gasteiger partial charge in [-0.05, 0) is 18.2 Å². The van der Waals surface area contributed by atoms with Crippen LogP contribution in [0.2, 0.25) is 0 Å². The van der Waals surface area contributed by atoms with E-state index >= 15 is 0 Å². The quantitative estimate of drug-likeness (QED) is 0.857. The number of benzene rings is 1. The van der Waals surface area contributed by atoms with Crippen LogP contribution in [0.3, 0.4) is 0 Å². The Morgan fingerprint density at radius 3 is 3.17 bits per heavy atom. The van der Waals surface area contributed by atoms with Gasteiger partial charge in [-0.15, -0.1) is 0 Å². The zero-order valence-electron chi connectivity index (χ0n) is 10.1. The molecule has 0 fully saturated rings. The lowest BCUT2D eigenvalue weighted by Crippen LogP contribution is -2.22. The van der Waals surface area contributed by atoms with Crippen molar-refractivity contribution in [3.05, 3.63) is 41.7 Å². The van der Waals surface area contributed by atoms with Gasteiger partial charge in [0.1, 0.15) is 18.1 Å². The third-order valence-electron chi connectivity index (χ3n) is 3.08. The number of hydrogen-bond donors (Lipinski definition) is 2. The van der Waals surface area contributed by atoms with E-state index in [9.17, 15) is 5.11 Å². The molecule has 0 amide bonds. The number of ether oxygens (including phenoxy) is 1. The number of rotatable bonds is 3. The third kappa shape index (κ3) is 2.04. The largest absolute Gasteiger partial charge is 0.508 e. The Morgan fingerprint density at radius 2 is 2.39 bits per heavy atom. The molecule has 1 aromatic carbocycles. The van der Waals surface area contributed by atoms with Crippen LogP contribution >= 0.6 is 0 Å². The number of aryl methyl sites for hydroxylation is 1. The number of nitrogens with zero attached hydrogens (tertiary/aromatic N) is 2. The Hall–Kier alpha value is -2.01. The van der Waals surface area contributed by atoms with Crippen molar-refractivity contribution < 1.29 is 9.84 Å². The van der Waals surface area contributed by atoms with Gasteiger partial charge in [-0.3, -0.25) is 4.68 Å². The van der Waals surface area contributed by atoms with Crippen LogP contribution in [-0.4, -0.2) is 21.5 Å². The molecule has 0 spiro atoms. The molecule has 1 aromatic heterocycles. The van der Waals surface area contributed by atoms with Gasteiger partial charge < -0.3 is 15.2 Å². The molecule has 5 nitrogen and oxygen atoms in total. The molecule has 1 atom stereocenters. The summed E-state index contributed by atoms with van der Waals surface area (Å²) >= 11 is 0. The maximum Gasteiger partial charge on any atom is 0.127 e. The fraction of sp³-hybridized carbons (Fsp3) is 0.308. The molecular formula is C13H15N3O2. The first kappa shape index (κ1) is 11.1. The molecule has 94 valence electrons. The molecule has 0 radical (unpaired) electrons. The highest BCUT2D eigenvalue weighted by molar-refractivity contribution is 5.44. The predicted octanol–water partition coefficient (Wildman–Crippen LogP) is 1.35. The smallest absolute Gasteiger partial charge is 0.127 e. The first-order chi connectivity index (χ1) is 8.72. The van der Waals surface area contributed by atoms with Crippen LogP contribution in [0.1, 0.15) is 17.3 Å². The summed E-state index contributed by atoms with van der Waals surface area (Å²) in [5.74, 6) is 0.993. The summed E-state index contributed by atoms with van der Waals surface area (Å²) in [5, 5.41) is 17.1. The van der Waals surface area contributed by atoms with Crippen LogP contribution in [0, 0.1) is 0 Å². The maximum atomic E-state index is 9.38. The Bertz CT molecular complexity index is 565. The van der Waals surface area contributed by atoms with Crippen LogP contribution in [0.5, 0.6) is 11.5 Å². The zero-order chi connectivity index (χ0) is 12.5. The topological polar surface area (TPSA) is 59.3 Å². The number of phenols is 1. The van der Waals surface area contributed by atoms with E-state index in [1.807, 2.05) is 25.4 Å². The maximum absolute atomic E-state index is 9.38. The number of fused-ring (bicyclic) bond motifs is 1. The molecule has 0 saturated carbocycles. The fourth-order valence-electron chi connectivity index (χ4n) is 2.15. The highest BCUT2D eigenvalue weighted by atomic mass is 16.5. The van der Waals surface area contributed by atoms with Crippen molar-refractivity contribution in [1.29, 1.82) is 0 Å². The average molecular weight is 245 g/mol. The van der Waals surface area contributed by atoms with Gasteiger partial charge in [0.2, 0.25) is 0 Å². The second-order valence-electron chi connectivity index (χ2n) is 4.45. The minimum Gasteiger partial charge on any atom is -0.508 e. The molecule has 1 aliphatic heterocycles. The SMILES string of the molecule is Cn1ccc(CNC2COc3cc(O)ccc32)n1. The molecular weight excluding hydrogens is 230 g/mol. The van der Waals surface area contributed by atoms with E-state index in [4.69, 9.17) is 4.74 Å². The summed E-state index contributed by atoms with van der Waals surface area (Å²) in [7, 11) is 1.90. The van der Waals surface area contributed by atoms with Crippen molar-refractivity contribution in [2.24, 2.45) is 7.05 Å². The molecule has 18 heavy (non-hydrogen) atoms. The van der Waals surface area contributed by atoms with Gasteiger partial charge in [0.25, 0.3) is 0 Å². The highest BCUT2D eigenvalue weighted by Crippen LogP contribution is 2.34.